The van der Waals surface area contributed by atoms with Crippen molar-refractivity contribution >= 4 is 0 Å². The summed E-state index contributed by atoms with van der Waals surface area (Å²) < 4.78 is 6.11. The van der Waals surface area contributed by atoms with Gasteiger partial charge in [0.05, 0.1) is 0 Å². The van der Waals surface area contributed by atoms with Crippen LogP contribution in [-0.2, 0) is 6.42 Å². The molecule has 1 atom stereocenters. The lowest BCUT2D eigenvalue weighted by molar-refractivity contribution is 0.00355. The third-order valence-electron chi connectivity index (χ3n) is 3.67. The third-order valence-corrected chi connectivity index (χ3v) is 3.67. The van der Waals surface area contributed by atoms with Crippen LogP contribution in [0.15, 0.2) is 18.2 Å². The Morgan fingerprint density at radius 3 is 2.53 bits per heavy atom. The van der Waals surface area contributed by atoms with E-state index >= 15 is 0 Å². The molecule has 1 aromatic rings. The van der Waals surface area contributed by atoms with Crippen molar-refractivity contribution in [1.29, 1.82) is 0 Å². The Labute approximate surface area is 92.5 Å². The first-order valence-electron chi connectivity index (χ1n) is 5.60. The highest BCUT2D eigenvalue weighted by Gasteiger charge is 2.44. The van der Waals surface area contributed by atoms with Gasteiger partial charge in [0.25, 0.3) is 0 Å². The Morgan fingerprint density at radius 1 is 1.27 bits per heavy atom. The fourth-order valence-corrected chi connectivity index (χ4v) is 2.01. The quantitative estimate of drug-likeness (QED) is 0.625. The molecule has 0 bridgehead atoms. The summed E-state index contributed by atoms with van der Waals surface area (Å²) in [6, 6.07) is 6.46. The molecule has 1 unspecified atom stereocenters. The number of fused-ring (bicyclic) bond motifs is 1. The van der Waals surface area contributed by atoms with E-state index in [1.54, 1.807) is 0 Å². The summed E-state index contributed by atoms with van der Waals surface area (Å²) in [5.41, 5.74) is 2.77. The number of rotatable bonds is 0. The Kier molecular flexibility index (Phi) is 2.11. The average Bonchev–Trinajstić information content (AvgIpc) is 2.40. The van der Waals surface area contributed by atoms with Crippen molar-refractivity contribution in [2.75, 3.05) is 0 Å². The van der Waals surface area contributed by atoms with Crippen molar-refractivity contribution in [2.45, 2.75) is 46.6 Å². The largest absolute Gasteiger partial charge is 0.486 e. The monoisotopic (exact) mass is 204 g/mol. The molecule has 1 aliphatic rings. The molecule has 0 aliphatic carbocycles. The molecule has 1 nitrogen and oxygen atoms in total. The van der Waals surface area contributed by atoms with Gasteiger partial charge in [-0.3, -0.25) is 0 Å². The second-order valence-corrected chi connectivity index (χ2v) is 5.87. The van der Waals surface area contributed by atoms with Gasteiger partial charge in [-0.15, -0.1) is 0 Å². The number of hydrogen-bond donors (Lipinski definition) is 0. The Hall–Kier alpha value is -0.980. The van der Waals surface area contributed by atoms with Crippen LogP contribution >= 0.6 is 0 Å². The van der Waals surface area contributed by atoms with E-state index in [4.69, 9.17) is 4.74 Å². The van der Waals surface area contributed by atoms with Crippen LogP contribution in [0.25, 0.3) is 0 Å². The highest BCUT2D eigenvalue weighted by Crippen LogP contribution is 2.44. The third kappa shape index (κ3) is 1.64. The highest BCUT2D eigenvalue weighted by molar-refractivity contribution is 5.42. The minimum atomic E-state index is -0.0663. The molecule has 1 heteroatoms. The van der Waals surface area contributed by atoms with Gasteiger partial charge in [-0.05, 0) is 25.5 Å². The van der Waals surface area contributed by atoms with E-state index < -0.39 is 0 Å². The molecule has 0 spiro atoms. The SMILES string of the molecule is Cc1ccc2c(c1)CC(C)(C(C)(C)C)O2. The first kappa shape index (κ1) is 10.5. The zero-order valence-electron chi connectivity index (χ0n) is 10.3. The van der Waals surface area contributed by atoms with Gasteiger partial charge in [0.1, 0.15) is 11.4 Å². The van der Waals surface area contributed by atoms with Gasteiger partial charge >= 0.3 is 0 Å². The minimum absolute atomic E-state index is 0.0663. The first-order chi connectivity index (χ1) is 6.82. The number of aryl methyl sites for hydroxylation is 1. The van der Waals surface area contributed by atoms with Crippen LogP contribution in [0.3, 0.4) is 0 Å². The Balaban J connectivity index is 2.37. The van der Waals surface area contributed by atoms with Crippen LogP contribution < -0.4 is 4.74 Å². The van der Waals surface area contributed by atoms with E-state index in [1.165, 1.54) is 11.1 Å². The molecule has 0 N–H and O–H groups in total. The lowest BCUT2D eigenvalue weighted by atomic mass is 9.75. The van der Waals surface area contributed by atoms with Gasteiger partial charge in [0, 0.05) is 11.8 Å². The molecule has 0 saturated heterocycles. The molecule has 1 aromatic carbocycles. The van der Waals surface area contributed by atoms with Gasteiger partial charge in [0.15, 0.2) is 0 Å². The molecule has 1 aliphatic heterocycles. The summed E-state index contributed by atoms with van der Waals surface area (Å²) in [5.74, 6) is 1.07. The van der Waals surface area contributed by atoms with Gasteiger partial charge < -0.3 is 4.74 Å². The molecule has 0 radical (unpaired) electrons. The summed E-state index contributed by atoms with van der Waals surface area (Å²) in [5, 5.41) is 0. The van der Waals surface area contributed by atoms with Crippen LogP contribution in [0, 0.1) is 12.3 Å². The van der Waals surface area contributed by atoms with Crippen LogP contribution in [-0.4, -0.2) is 5.60 Å². The zero-order valence-corrected chi connectivity index (χ0v) is 10.3. The van der Waals surface area contributed by atoms with Gasteiger partial charge in [-0.25, -0.2) is 0 Å². The van der Waals surface area contributed by atoms with E-state index in [0.717, 1.165) is 12.2 Å². The molecule has 0 amide bonds. The summed E-state index contributed by atoms with van der Waals surface area (Å²) in [6.45, 7) is 11.1. The predicted molar refractivity (Wildman–Crippen MR) is 63.4 cm³/mol. The lowest BCUT2D eigenvalue weighted by Gasteiger charge is -2.37. The molecule has 2 rings (SSSR count). The molecule has 15 heavy (non-hydrogen) atoms. The lowest BCUT2D eigenvalue weighted by Crippen LogP contribution is -2.44. The summed E-state index contributed by atoms with van der Waals surface area (Å²) >= 11 is 0. The van der Waals surface area contributed by atoms with Crippen molar-refractivity contribution in [3.63, 3.8) is 0 Å². The van der Waals surface area contributed by atoms with Crippen molar-refractivity contribution in [3.05, 3.63) is 29.3 Å². The van der Waals surface area contributed by atoms with Crippen molar-refractivity contribution in [1.82, 2.24) is 0 Å². The standard InChI is InChI=1S/C14H20O/c1-10-6-7-12-11(8-10)9-14(5,15-12)13(2,3)4/h6-8H,9H2,1-5H3. The normalized spacial score (nSPS) is 24.9. The van der Waals surface area contributed by atoms with Crippen LogP contribution in [0.1, 0.15) is 38.8 Å². The smallest absolute Gasteiger partial charge is 0.123 e. The topological polar surface area (TPSA) is 9.23 Å². The summed E-state index contributed by atoms with van der Waals surface area (Å²) in [7, 11) is 0. The first-order valence-corrected chi connectivity index (χ1v) is 5.60. The molecular formula is C14H20O. The van der Waals surface area contributed by atoms with E-state index in [-0.39, 0.29) is 11.0 Å². The maximum atomic E-state index is 6.11. The molecule has 82 valence electrons. The van der Waals surface area contributed by atoms with Crippen LogP contribution in [0.4, 0.5) is 0 Å². The van der Waals surface area contributed by atoms with Crippen LogP contribution in [0.2, 0.25) is 0 Å². The van der Waals surface area contributed by atoms with Crippen molar-refractivity contribution in [2.24, 2.45) is 5.41 Å². The maximum Gasteiger partial charge on any atom is 0.123 e. The predicted octanol–water partition coefficient (Wildman–Crippen LogP) is 3.73. The minimum Gasteiger partial charge on any atom is -0.486 e. The fraction of sp³-hybridized carbons (Fsp3) is 0.571. The molecule has 0 aromatic heterocycles. The second kappa shape index (κ2) is 3.01. The maximum absolute atomic E-state index is 6.11. The summed E-state index contributed by atoms with van der Waals surface area (Å²) in [4.78, 5) is 0. The van der Waals surface area contributed by atoms with Gasteiger partial charge in [-0.1, -0.05) is 38.5 Å². The molecular weight excluding hydrogens is 184 g/mol. The van der Waals surface area contributed by atoms with E-state index in [2.05, 4.69) is 52.8 Å². The molecule has 0 saturated carbocycles. The van der Waals surface area contributed by atoms with E-state index in [0.29, 0.717) is 0 Å². The number of ether oxygens (including phenoxy) is 1. The van der Waals surface area contributed by atoms with Crippen molar-refractivity contribution in [3.8, 4) is 5.75 Å². The zero-order chi connectivity index (χ0) is 11.3. The number of benzene rings is 1. The van der Waals surface area contributed by atoms with Crippen LogP contribution in [0.5, 0.6) is 5.75 Å². The van der Waals surface area contributed by atoms with E-state index in [9.17, 15) is 0 Å². The van der Waals surface area contributed by atoms with Gasteiger partial charge in [-0.2, -0.15) is 0 Å². The highest BCUT2D eigenvalue weighted by atomic mass is 16.5. The molecule has 1 heterocycles. The molecule has 0 fully saturated rings. The Bertz CT molecular complexity index is 387. The van der Waals surface area contributed by atoms with Gasteiger partial charge in [0.2, 0.25) is 0 Å². The fourth-order valence-electron chi connectivity index (χ4n) is 2.01. The van der Waals surface area contributed by atoms with Crippen molar-refractivity contribution < 1.29 is 4.74 Å². The number of hydrogen-bond acceptors (Lipinski definition) is 1. The van der Waals surface area contributed by atoms with E-state index in [1.807, 2.05) is 0 Å². The summed E-state index contributed by atoms with van der Waals surface area (Å²) in [6.07, 6.45) is 1.02. The second-order valence-electron chi connectivity index (χ2n) is 5.87. The average molecular weight is 204 g/mol. The Morgan fingerprint density at radius 2 is 1.93 bits per heavy atom.